The summed E-state index contributed by atoms with van der Waals surface area (Å²) in [7, 11) is 4.05. The highest BCUT2D eigenvalue weighted by molar-refractivity contribution is 8.77. The molecule has 0 spiro atoms. The van der Waals surface area contributed by atoms with Crippen molar-refractivity contribution >= 4 is 27.7 Å². The van der Waals surface area contributed by atoms with Crippen LogP contribution < -0.4 is 22.6 Å². The van der Waals surface area contributed by atoms with Crippen molar-refractivity contribution in [3.8, 4) is 0 Å². The van der Waals surface area contributed by atoms with Crippen molar-refractivity contribution in [2.24, 2.45) is 0 Å². The van der Waals surface area contributed by atoms with Crippen LogP contribution in [0.1, 0.15) is 32.1 Å². The van der Waals surface area contributed by atoms with Crippen LogP contribution in [0.15, 0.2) is 0 Å². The van der Waals surface area contributed by atoms with Gasteiger partial charge in [0.15, 0.2) is 0 Å². The van der Waals surface area contributed by atoms with Gasteiger partial charge in [0.25, 0.3) is 0 Å². The van der Waals surface area contributed by atoms with Crippen molar-refractivity contribution in [1.29, 1.82) is 0 Å². The van der Waals surface area contributed by atoms with Gasteiger partial charge in [-0.05, 0) is 19.3 Å². The third-order valence-corrected chi connectivity index (χ3v) is 7.09. The van der Waals surface area contributed by atoms with Crippen LogP contribution in [0.3, 0.4) is 0 Å². The van der Waals surface area contributed by atoms with Crippen LogP contribution in [0.4, 0.5) is 4.79 Å². The highest BCUT2D eigenvalue weighted by Crippen LogP contribution is 2.39. The predicted molar refractivity (Wildman–Crippen MR) is 92.7 cm³/mol. The zero-order valence-corrected chi connectivity index (χ0v) is 16.1. The minimum Gasteiger partial charge on any atom is -1.00 e. The van der Waals surface area contributed by atoms with Crippen molar-refractivity contribution in [1.82, 2.24) is 5.32 Å². The van der Waals surface area contributed by atoms with Crippen LogP contribution in [0.25, 0.3) is 0 Å². The van der Waals surface area contributed by atoms with Gasteiger partial charge in [0.1, 0.15) is 13.1 Å². The summed E-state index contributed by atoms with van der Waals surface area (Å²) in [5.41, 5.74) is 0. The lowest BCUT2D eigenvalue weighted by atomic mass is 10.1. The highest BCUT2D eigenvalue weighted by atomic mass is 35.5. The third kappa shape index (κ3) is 9.92. The van der Waals surface area contributed by atoms with E-state index in [-0.39, 0.29) is 18.5 Å². The Hall–Kier alpha value is 0.180. The summed E-state index contributed by atoms with van der Waals surface area (Å²) < 4.78 is 10.5. The molecule has 136 valence electrons. The van der Waals surface area contributed by atoms with Crippen LogP contribution in [0.5, 0.6) is 0 Å². The van der Waals surface area contributed by atoms with E-state index in [1.165, 1.54) is 29.9 Å². The van der Waals surface area contributed by atoms with E-state index >= 15 is 0 Å². The Labute approximate surface area is 153 Å². The minimum absolute atomic E-state index is 0. The molecule has 2 N–H and O–H groups in total. The molecule has 5 nitrogen and oxygen atoms in total. The second-order valence-electron chi connectivity index (χ2n) is 5.85. The van der Waals surface area contributed by atoms with E-state index in [9.17, 15) is 4.79 Å². The lowest BCUT2D eigenvalue weighted by molar-refractivity contribution is -0.906. The van der Waals surface area contributed by atoms with Gasteiger partial charge in [-0.15, -0.1) is 0 Å². The Kier molecular flexibility index (Phi) is 12.4. The van der Waals surface area contributed by atoms with Gasteiger partial charge in [0.2, 0.25) is 0 Å². The van der Waals surface area contributed by atoms with Gasteiger partial charge < -0.3 is 32.1 Å². The van der Waals surface area contributed by atoms with Crippen LogP contribution in [0.2, 0.25) is 0 Å². The summed E-state index contributed by atoms with van der Waals surface area (Å²) in [6, 6.07) is 0. The molecule has 2 fully saturated rings. The zero-order valence-electron chi connectivity index (χ0n) is 13.7. The number of rotatable bonds is 9. The number of alkyl carbamates (subject to hydrolysis) is 1. The average molecular weight is 385 g/mol. The fourth-order valence-electron chi connectivity index (χ4n) is 2.68. The first-order valence-electron chi connectivity index (χ1n) is 8.45. The van der Waals surface area contributed by atoms with Crippen molar-refractivity contribution in [2.45, 2.75) is 37.4 Å². The van der Waals surface area contributed by atoms with Crippen LogP contribution in [-0.2, 0) is 9.47 Å². The number of quaternary nitrogens is 1. The minimum atomic E-state index is -0.268. The zero-order chi connectivity index (χ0) is 15.5. The van der Waals surface area contributed by atoms with E-state index in [4.69, 9.17) is 9.47 Å². The Morgan fingerprint density at radius 3 is 2.83 bits per heavy atom. The van der Waals surface area contributed by atoms with Gasteiger partial charge in [0.05, 0.1) is 32.9 Å². The van der Waals surface area contributed by atoms with Gasteiger partial charge in [0, 0.05) is 11.0 Å². The number of hydrogen-bond acceptors (Lipinski definition) is 5. The SMILES string of the molecule is O=C(NCC[NH+]1CCOCC1)OCCCCCC1CCSS1.[Cl-]. The number of amides is 1. The number of ether oxygens (including phenoxy) is 2. The lowest BCUT2D eigenvalue weighted by Gasteiger charge is -2.23. The van der Waals surface area contributed by atoms with E-state index < -0.39 is 0 Å². The van der Waals surface area contributed by atoms with Gasteiger partial charge >= 0.3 is 6.09 Å². The summed E-state index contributed by atoms with van der Waals surface area (Å²) in [5.74, 6) is 1.31. The summed E-state index contributed by atoms with van der Waals surface area (Å²) in [6.45, 7) is 5.92. The van der Waals surface area contributed by atoms with Crippen molar-refractivity contribution in [3.63, 3.8) is 0 Å². The Bertz CT molecular complexity index is 315. The number of halogens is 1. The molecule has 0 aromatic carbocycles. The molecule has 2 saturated heterocycles. The quantitative estimate of drug-likeness (QED) is 0.368. The van der Waals surface area contributed by atoms with E-state index in [2.05, 4.69) is 5.32 Å². The Balaban J connectivity index is 0.00000264. The summed E-state index contributed by atoms with van der Waals surface area (Å²) in [5, 5.41) is 3.69. The summed E-state index contributed by atoms with van der Waals surface area (Å²) >= 11 is 0. The van der Waals surface area contributed by atoms with Gasteiger partial charge in [-0.1, -0.05) is 34.4 Å². The van der Waals surface area contributed by atoms with Gasteiger partial charge in [-0.3, -0.25) is 0 Å². The maximum Gasteiger partial charge on any atom is 0.407 e. The molecular formula is C15H29ClN2O3S2. The van der Waals surface area contributed by atoms with Crippen LogP contribution in [-0.4, -0.2) is 63.1 Å². The largest absolute Gasteiger partial charge is 1.00 e. The standard InChI is InChI=1S/C15H28N2O3S2.ClH/c18-15(16-6-7-17-8-11-19-12-9-17)20-10-3-1-2-4-14-5-13-21-22-14;/h14H,1-13H2,(H,16,18);1H. The molecule has 0 bridgehead atoms. The van der Waals surface area contributed by atoms with E-state index in [0.717, 1.165) is 50.9 Å². The second-order valence-corrected chi connectivity index (χ2v) is 8.64. The molecule has 1 unspecified atom stereocenters. The molecule has 1 atom stereocenters. The van der Waals surface area contributed by atoms with Gasteiger partial charge in [-0.25, -0.2) is 4.79 Å². The maximum atomic E-state index is 11.6. The van der Waals surface area contributed by atoms with E-state index in [1.54, 1.807) is 0 Å². The summed E-state index contributed by atoms with van der Waals surface area (Å²) in [4.78, 5) is 13.0. The number of unbranched alkanes of at least 4 members (excludes halogenated alkanes) is 2. The third-order valence-electron chi connectivity index (χ3n) is 4.08. The monoisotopic (exact) mass is 384 g/mol. The molecule has 1 amide bonds. The number of morpholine rings is 1. The topological polar surface area (TPSA) is 52.0 Å². The highest BCUT2D eigenvalue weighted by Gasteiger charge is 2.15. The van der Waals surface area contributed by atoms with E-state index in [0.29, 0.717) is 13.2 Å². The first-order valence-corrected chi connectivity index (χ1v) is 10.8. The van der Waals surface area contributed by atoms with Crippen LogP contribution in [0, 0.1) is 0 Å². The molecule has 8 heteroatoms. The molecule has 0 aliphatic carbocycles. The fourth-order valence-corrected chi connectivity index (χ4v) is 5.71. The van der Waals surface area contributed by atoms with Crippen molar-refractivity contribution in [2.75, 3.05) is 51.8 Å². The van der Waals surface area contributed by atoms with Gasteiger partial charge in [-0.2, -0.15) is 0 Å². The second kappa shape index (κ2) is 13.5. The molecule has 0 saturated carbocycles. The Morgan fingerprint density at radius 1 is 1.26 bits per heavy atom. The van der Waals surface area contributed by atoms with Crippen molar-refractivity contribution in [3.05, 3.63) is 0 Å². The molecule has 2 aliphatic rings. The molecule has 23 heavy (non-hydrogen) atoms. The Morgan fingerprint density at radius 2 is 2.09 bits per heavy atom. The summed E-state index contributed by atoms with van der Waals surface area (Å²) in [6.07, 6.45) is 5.80. The number of nitrogens with one attached hydrogen (secondary N) is 2. The number of carbonyl (C=O) groups is 1. The predicted octanol–water partition coefficient (Wildman–Crippen LogP) is -1.65. The average Bonchev–Trinajstić information content (AvgIpc) is 3.05. The maximum absolute atomic E-state index is 11.6. The fraction of sp³-hybridized carbons (Fsp3) is 0.933. The molecule has 2 heterocycles. The molecular weight excluding hydrogens is 356 g/mol. The first-order chi connectivity index (χ1) is 10.8. The van der Waals surface area contributed by atoms with E-state index in [1.807, 2.05) is 21.6 Å². The van der Waals surface area contributed by atoms with Crippen LogP contribution >= 0.6 is 21.6 Å². The number of hydrogen-bond donors (Lipinski definition) is 2. The normalized spacial score (nSPS) is 21.7. The molecule has 0 aromatic heterocycles. The molecule has 2 rings (SSSR count). The molecule has 0 radical (unpaired) electrons. The number of carbonyl (C=O) groups excluding carboxylic acids is 1. The molecule has 0 aromatic rings. The molecule has 2 aliphatic heterocycles. The lowest BCUT2D eigenvalue weighted by Crippen LogP contribution is -3.14. The van der Waals surface area contributed by atoms with Crippen molar-refractivity contribution < 1.29 is 31.6 Å². The first kappa shape index (κ1) is 21.2. The smallest absolute Gasteiger partial charge is 0.407 e.